The Morgan fingerprint density at radius 3 is 2.33 bits per heavy atom. The van der Waals surface area contributed by atoms with E-state index in [1.165, 1.54) is 0 Å². The van der Waals surface area contributed by atoms with E-state index in [4.69, 9.17) is 18.3 Å². The normalized spacial score (nSPS) is 27.0. The van der Waals surface area contributed by atoms with Crippen LogP contribution in [0.3, 0.4) is 0 Å². The number of H-pyrrole nitrogens is 1. The van der Waals surface area contributed by atoms with Crippen LogP contribution in [-0.2, 0) is 27.7 Å². The second-order valence-corrected chi connectivity index (χ2v) is 12.4. The van der Waals surface area contributed by atoms with Crippen LogP contribution < -0.4 is 16.6 Å². The quantitative estimate of drug-likeness (QED) is 0.117. The molecule has 0 spiro atoms. The molecule has 0 aromatic carbocycles. The lowest BCUT2D eigenvalue weighted by Crippen LogP contribution is -2.46. The highest BCUT2D eigenvalue weighted by Gasteiger charge is 2.61. The molecular weight excluding hydrogens is 604 g/mol. The number of carbonyl (C=O) groups excluding carboxylic acids is 1. The number of ether oxygens (including phenoxy) is 1. The summed E-state index contributed by atoms with van der Waals surface area (Å²) in [6.45, 7) is 2.86. The molecule has 0 saturated carbocycles. The van der Waals surface area contributed by atoms with Gasteiger partial charge in [-0.3, -0.25) is 32.7 Å². The van der Waals surface area contributed by atoms with E-state index < -0.39 is 43.2 Å². The first-order valence-electron chi connectivity index (χ1n) is 15.4. The highest BCUT2D eigenvalue weighted by atomic mass is 31.2. The van der Waals surface area contributed by atoms with Gasteiger partial charge in [0, 0.05) is 25.2 Å². The Morgan fingerprint density at radius 1 is 1.09 bits per heavy atom. The van der Waals surface area contributed by atoms with Crippen LogP contribution in [0, 0.1) is 0 Å². The van der Waals surface area contributed by atoms with Gasteiger partial charge < -0.3 is 10.1 Å². The maximum absolute atomic E-state index is 15.8. The van der Waals surface area contributed by atoms with Gasteiger partial charge in [-0.15, -0.1) is 0 Å². The van der Waals surface area contributed by atoms with Gasteiger partial charge in [-0.05, 0) is 51.9 Å². The Hall–Kier alpha value is -3.15. The Morgan fingerprint density at radius 2 is 1.71 bits per heavy atom. The zero-order valence-electron chi connectivity index (χ0n) is 26.0. The molecular formula is C32H45FN3O8P. The maximum atomic E-state index is 15.8. The van der Waals surface area contributed by atoms with Gasteiger partial charge in [0.15, 0.2) is 11.9 Å². The molecule has 5 atom stereocenters. The van der Waals surface area contributed by atoms with Crippen molar-refractivity contribution in [2.45, 2.75) is 89.3 Å². The van der Waals surface area contributed by atoms with E-state index in [-0.39, 0.29) is 25.7 Å². The molecule has 5 unspecified atom stereocenters. The van der Waals surface area contributed by atoms with Crippen molar-refractivity contribution in [1.82, 2.24) is 14.9 Å². The molecule has 13 heteroatoms. The van der Waals surface area contributed by atoms with Crippen LogP contribution in [0.1, 0.15) is 71.4 Å². The van der Waals surface area contributed by atoms with Crippen molar-refractivity contribution in [2.75, 3.05) is 19.8 Å². The lowest BCUT2D eigenvalue weighted by atomic mass is 9.98. The summed E-state index contributed by atoms with van der Waals surface area (Å²) in [6.07, 6.45) is 25.3. The van der Waals surface area contributed by atoms with Gasteiger partial charge in [-0.2, -0.15) is 0 Å². The van der Waals surface area contributed by atoms with Crippen molar-refractivity contribution in [3.05, 3.63) is 93.9 Å². The molecule has 0 bridgehead atoms. The number of aromatic nitrogens is 2. The predicted octanol–water partition coefficient (Wildman–Crippen LogP) is 5.74. The number of amides is 1. The zero-order valence-corrected chi connectivity index (χ0v) is 26.9. The van der Waals surface area contributed by atoms with Gasteiger partial charge in [0.2, 0.25) is 5.91 Å². The minimum atomic E-state index is -4.16. The third-order valence-electron chi connectivity index (χ3n) is 7.03. The van der Waals surface area contributed by atoms with E-state index in [0.717, 1.165) is 62.3 Å². The first-order valence-corrected chi connectivity index (χ1v) is 16.9. The molecule has 2 fully saturated rings. The van der Waals surface area contributed by atoms with Gasteiger partial charge in [0.1, 0.15) is 12.2 Å². The van der Waals surface area contributed by atoms with E-state index in [2.05, 4.69) is 73.0 Å². The summed E-state index contributed by atoms with van der Waals surface area (Å²) in [5.41, 5.74) is -3.79. The summed E-state index contributed by atoms with van der Waals surface area (Å²) >= 11 is 0. The summed E-state index contributed by atoms with van der Waals surface area (Å²) in [6, 6.07) is 1.06. The van der Waals surface area contributed by atoms with Crippen molar-refractivity contribution in [1.29, 1.82) is 0 Å². The van der Waals surface area contributed by atoms with Crippen LogP contribution in [0.25, 0.3) is 0 Å². The van der Waals surface area contributed by atoms with Gasteiger partial charge in [0.05, 0.1) is 13.2 Å². The van der Waals surface area contributed by atoms with Crippen molar-refractivity contribution in [3.63, 3.8) is 0 Å². The van der Waals surface area contributed by atoms with Crippen LogP contribution in [0.5, 0.6) is 0 Å². The predicted molar refractivity (Wildman–Crippen MR) is 170 cm³/mol. The lowest BCUT2D eigenvalue weighted by molar-refractivity contribution is -0.121. The highest BCUT2D eigenvalue weighted by Crippen LogP contribution is 2.59. The van der Waals surface area contributed by atoms with E-state index in [9.17, 15) is 18.9 Å². The van der Waals surface area contributed by atoms with Crippen molar-refractivity contribution < 1.29 is 32.1 Å². The average molecular weight is 650 g/mol. The molecule has 3 heterocycles. The topological polar surface area (TPSA) is 138 Å². The van der Waals surface area contributed by atoms with E-state index in [1.807, 2.05) is 4.98 Å². The maximum Gasteiger partial charge on any atom is 0.475 e. The Kier molecular flexibility index (Phi) is 15.1. The molecule has 2 N–H and O–H groups in total. The van der Waals surface area contributed by atoms with Crippen molar-refractivity contribution >= 4 is 13.7 Å². The molecule has 2 aliphatic heterocycles. The number of phosphoric acid groups is 1. The number of halogens is 1. The largest absolute Gasteiger partial charge is 0.475 e. The highest BCUT2D eigenvalue weighted by molar-refractivity contribution is 7.48. The Labute approximate surface area is 263 Å². The molecule has 11 nitrogen and oxygen atoms in total. The Balaban J connectivity index is 1.26. The fourth-order valence-corrected chi connectivity index (χ4v) is 6.17. The molecule has 0 aliphatic carbocycles. The third-order valence-corrected chi connectivity index (χ3v) is 8.48. The van der Waals surface area contributed by atoms with Crippen LogP contribution in [0.4, 0.5) is 4.39 Å². The first-order chi connectivity index (χ1) is 21.7. The molecule has 2 aliphatic rings. The number of nitrogens with one attached hydrogen (secondary N) is 2. The number of hydrogen-bond donors (Lipinski definition) is 2. The number of nitrogens with zero attached hydrogens (tertiary/aromatic N) is 1. The van der Waals surface area contributed by atoms with Crippen LogP contribution >= 0.6 is 7.82 Å². The third kappa shape index (κ3) is 11.9. The molecule has 1 aromatic heterocycles. The monoisotopic (exact) mass is 649 g/mol. The second kappa shape index (κ2) is 18.7. The number of alkyl halides is 1. The van der Waals surface area contributed by atoms with Gasteiger partial charge in [0.25, 0.3) is 5.56 Å². The van der Waals surface area contributed by atoms with E-state index in [0.29, 0.717) is 12.8 Å². The zero-order chi connectivity index (χ0) is 32.5. The number of rotatable bonds is 18. The van der Waals surface area contributed by atoms with Crippen LogP contribution in [0.2, 0.25) is 0 Å². The number of hydrogen-bond acceptors (Lipinski definition) is 8. The number of carbonyl (C=O) groups is 1. The van der Waals surface area contributed by atoms with Gasteiger partial charge >= 0.3 is 13.5 Å². The number of unbranched alkanes of at least 4 members (excludes halogenated alkanes) is 1. The molecule has 0 radical (unpaired) electrons. The van der Waals surface area contributed by atoms with Crippen LogP contribution in [0.15, 0.2) is 82.6 Å². The number of allylic oxidation sites excluding steroid dienone is 10. The minimum Gasteiger partial charge on any atom is -0.354 e. The number of aromatic amines is 1. The van der Waals surface area contributed by atoms with E-state index in [1.54, 1.807) is 0 Å². The summed E-state index contributed by atoms with van der Waals surface area (Å²) in [5, 5.41) is 2.69. The van der Waals surface area contributed by atoms with Gasteiger partial charge in [-0.25, -0.2) is 13.8 Å². The molecule has 3 rings (SSSR count). The standard InChI is InChI=1S/C32H45FN3O8P/c1-3-4-5-6-7-8-9-10-11-12-13-14-15-16-17-18-19-20-27(37)34-22-24-41-45(40)42-25-26-29(44-45)32(2,33)30(43-26)36-23-21-28(38)35-31(36)39/h4-5,7-8,10-11,13-14,16-17,21,23,26,29-30H,3,6,9,12,15,18-20,22,24-25H2,1-2H3,(H,34,37)(H,35,38,39). The van der Waals surface area contributed by atoms with Crippen molar-refractivity contribution in [2.24, 2.45) is 0 Å². The molecule has 2 saturated heterocycles. The first kappa shape index (κ1) is 36.3. The number of phosphoric ester groups is 1. The van der Waals surface area contributed by atoms with Crippen molar-refractivity contribution in [3.8, 4) is 0 Å². The fourth-order valence-electron chi connectivity index (χ4n) is 4.71. The summed E-state index contributed by atoms with van der Waals surface area (Å²) in [5.74, 6) is -0.176. The van der Waals surface area contributed by atoms with E-state index >= 15 is 4.39 Å². The van der Waals surface area contributed by atoms with Crippen LogP contribution in [-0.4, -0.2) is 53.1 Å². The molecule has 1 amide bonds. The minimum absolute atomic E-state index is 0.0596. The average Bonchev–Trinajstić information content (AvgIpc) is 3.26. The summed E-state index contributed by atoms with van der Waals surface area (Å²) in [4.78, 5) is 37.7. The summed E-state index contributed by atoms with van der Waals surface area (Å²) < 4.78 is 51.1. The smallest absolute Gasteiger partial charge is 0.354 e. The molecule has 1 aromatic rings. The SMILES string of the molecule is CCC=CCC=CCC=CCC=CCC=CCCCC(=O)NCCOP1(=O)OCC2OC(n3ccc(=O)[nH]c3=O)C(C)(F)C2O1. The lowest BCUT2D eigenvalue weighted by Gasteiger charge is -2.33. The summed E-state index contributed by atoms with van der Waals surface area (Å²) in [7, 11) is -4.16. The number of fused-ring (bicyclic) bond motifs is 1. The molecule has 248 valence electrons. The fraction of sp³-hybridized carbons (Fsp3) is 0.531. The van der Waals surface area contributed by atoms with Gasteiger partial charge in [-0.1, -0.05) is 67.7 Å². The Bertz CT molecular complexity index is 1400. The second-order valence-electron chi connectivity index (χ2n) is 10.7. The molecule has 45 heavy (non-hydrogen) atoms.